The van der Waals surface area contributed by atoms with Crippen LogP contribution < -0.4 is 0 Å². The third-order valence-corrected chi connectivity index (χ3v) is 12.4. The summed E-state index contributed by atoms with van der Waals surface area (Å²) < 4.78 is 34.4. The molecule has 0 aromatic rings. The highest BCUT2D eigenvalue weighted by Gasteiger charge is 2.56. The first-order valence-corrected chi connectivity index (χ1v) is 19.4. The first kappa shape index (κ1) is 43.1. The molecule has 19 heteroatoms. The van der Waals surface area contributed by atoms with Gasteiger partial charge in [-0.25, -0.2) is 4.79 Å². The average Bonchev–Trinajstić information content (AvgIpc) is 3.16. The van der Waals surface area contributed by atoms with Crippen LogP contribution in [0.25, 0.3) is 0 Å². The van der Waals surface area contributed by atoms with Crippen LogP contribution in [0.2, 0.25) is 0 Å². The molecule has 0 aromatic carbocycles. The van der Waals surface area contributed by atoms with Crippen LogP contribution in [-0.4, -0.2) is 202 Å². The van der Waals surface area contributed by atoms with Crippen molar-refractivity contribution in [3.63, 3.8) is 0 Å². The van der Waals surface area contributed by atoms with Crippen molar-refractivity contribution in [2.75, 3.05) is 13.2 Å². The zero-order valence-electron chi connectivity index (χ0n) is 30.4. The van der Waals surface area contributed by atoms with E-state index in [4.69, 9.17) is 28.4 Å². The molecule has 13 N–H and O–H groups in total. The van der Waals surface area contributed by atoms with Crippen LogP contribution in [0.3, 0.4) is 0 Å². The largest absolute Gasteiger partial charge is 0.460 e. The van der Waals surface area contributed by atoms with Gasteiger partial charge in [0.05, 0.1) is 49.1 Å². The lowest BCUT2D eigenvalue weighted by molar-refractivity contribution is -0.367. The Kier molecular flexibility index (Phi) is 14.6. The van der Waals surface area contributed by atoms with Gasteiger partial charge in [0.15, 0.2) is 24.8 Å². The summed E-state index contributed by atoms with van der Waals surface area (Å²) in [6, 6.07) is 0. The molecule has 6 fully saturated rings. The summed E-state index contributed by atoms with van der Waals surface area (Å²) in [5.41, 5.74) is 0. The molecule has 3 heterocycles. The fraction of sp³-hybridized carbons (Fsp3) is 0.917. The van der Waals surface area contributed by atoms with Crippen LogP contribution >= 0.6 is 0 Å². The number of hydrogen-bond donors (Lipinski definition) is 12. The molecule has 3 aliphatic carbocycles. The van der Waals surface area contributed by atoms with Gasteiger partial charge in [-0.15, -0.1) is 0 Å². The summed E-state index contributed by atoms with van der Waals surface area (Å²) in [6.07, 6.45) is -18.0. The maximum atomic E-state index is 12.6. The highest BCUT2D eigenvalue weighted by atomic mass is 16.7. The van der Waals surface area contributed by atoms with E-state index in [-0.39, 0.29) is 50.4 Å². The van der Waals surface area contributed by atoms with Crippen molar-refractivity contribution in [2.24, 2.45) is 17.8 Å². The number of rotatable bonds is 10. The van der Waals surface area contributed by atoms with E-state index < -0.39 is 141 Å². The molecule has 22 atom stereocenters. The zero-order chi connectivity index (χ0) is 39.7. The van der Waals surface area contributed by atoms with E-state index in [1.807, 2.05) is 0 Å². The fourth-order valence-corrected chi connectivity index (χ4v) is 9.09. The fourth-order valence-electron chi connectivity index (χ4n) is 9.09. The van der Waals surface area contributed by atoms with Crippen LogP contribution in [-0.2, 0) is 28.5 Å². The van der Waals surface area contributed by atoms with Crippen LogP contribution in [0.1, 0.15) is 57.8 Å². The van der Waals surface area contributed by atoms with Crippen molar-refractivity contribution in [2.45, 2.75) is 174 Å². The Morgan fingerprint density at radius 3 is 1.87 bits per heavy atom. The number of esters is 1. The molecular weight excluding hydrogens is 736 g/mol. The molecule has 3 saturated heterocycles. The van der Waals surface area contributed by atoms with Gasteiger partial charge in [-0.05, 0) is 50.9 Å². The van der Waals surface area contributed by atoms with Gasteiger partial charge in [-0.2, -0.15) is 0 Å². The molecule has 19 nitrogen and oxygen atoms in total. The maximum Gasteiger partial charge on any atom is 0.330 e. The predicted octanol–water partition coefficient (Wildman–Crippen LogP) is -5.05. The Morgan fingerprint density at radius 2 is 1.24 bits per heavy atom. The second-order valence-electron chi connectivity index (χ2n) is 16.2. The van der Waals surface area contributed by atoms with Gasteiger partial charge >= 0.3 is 5.97 Å². The number of aliphatic hydroxyl groups excluding tert-OH is 12. The lowest BCUT2D eigenvalue weighted by Gasteiger charge is -2.50. The van der Waals surface area contributed by atoms with Gasteiger partial charge in [0.1, 0.15) is 61.5 Å². The Balaban J connectivity index is 1.16. The SMILES string of the molecule is O=C(C=CC1CCC(O)C(O)C1)OCC1OC(OC2CC3C(OC4OC(CO)C(O)C(O)C4O)CC(O)CC3[OH+]C2C2CCC(O)C(O)C2)C(O)C(O)C1O. The molecule has 22 unspecified atom stereocenters. The molecule has 6 aliphatic rings. The normalized spacial score (nSPS) is 51.1. The number of aliphatic hydroxyl groups is 14. The molecule has 3 aliphatic heterocycles. The van der Waals surface area contributed by atoms with Gasteiger partial charge in [-0.3, -0.25) is 0 Å². The van der Waals surface area contributed by atoms with Gasteiger partial charge in [0.2, 0.25) is 0 Å². The summed E-state index contributed by atoms with van der Waals surface area (Å²) in [7, 11) is 0. The summed E-state index contributed by atoms with van der Waals surface area (Å²) in [5.74, 6) is -1.77. The predicted molar refractivity (Wildman–Crippen MR) is 182 cm³/mol. The van der Waals surface area contributed by atoms with Crippen molar-refractivity contribution in [3.8, 4) is 0 Å². The topological polar surface area (TPSA) is 319 Å². The molecule has 3 saturated carbocycles. The third-order valence-electron chi connectivity index (χ3n) is 12.4. The lowest BCUT2D eigenvalue weighted by Crippen LogP contribution is -2.64. The van der Waals surface area contributed by atoms with Crippen LogP contribution in [0, 0.1) is 17.8 Å². The zero-order valence-corrected chi connectivity index (χ0v) is 30.4. The summed E-state index contributed by atoms with van der Waals surface area (Å²) in [4.78, 5) is 12.6. The number of hydrogen-bond acceptors (Lipinski definition) is 18. The molecule has 0 bridgehead atoms. The number of carbonyl (C=O) groups is 1. The molecule has 0 aromatic heterocycles. The minimum atomic E-state index is -1.78. The average molecular weight is 796 g/mol. The van der Waals surface area contributed by atoms with Gasteiger partial charge in [0.25, 0.3) is 0 Å². The first-order chi connectivity index (χ1) is 26.1. The maximum absolute atomic E-state index is 12.6. The Hall–Kier alpha value is -1.47. The highest BCUT2D eigenvalue weighted by Crippen LogP contribution is 2.44. The molecule has 0 spiro atoms. The quantitative estimate of drug-likeness (QED) is 0.0559. The van der Waals surface area contributed by atoms with E-state index in [0.29, 0.717) is 19.3 Å². The van der Waals surface area contributed by atoms with Gasteiger partial charge in [0, 0.05) is 24.8 Å². The third kappa shape index (κ3) is 9.88. The van der Waals surface area contributed by atoms with Crippen molar-refractivity contribution < 1.29 is 94.5 Å². The Labute approximate surface area is 317 Å². The second kappa shape index (κ2) is 18.6. The van der Waals surface area contributed by atoms with Gasteiger partial charge < -0.3 is 89.7 Å². The number of ether oxygens (including phenoxy) is 6. The van der Waals surface area contributed by atoms with Gasteiger partial charge in [-0.1, -0.05) is 6.08 Å². The molecule has 55 heavy (non-hydrogen) atoms. The van der Waals surface area contributed by atoms with Crippen LogP contribution in [0.4, 0.5) is 0 Å². The van der Waals surface area contributed by atoms with Crippen LogP contribution in [0.5, 0.6) is 0 Å². The summed E-state index contributed by atoms with van der Waals surface area (Å²) >= 11 is 0. The van der Waals surface area contributed by atoms with Crippen molar-refractivity contribution in [3.05, 3.63) is 12.2 Å². The number of fused-ring (bicyclic) bond motifs is 1. The van der Waals surface area contributed by atoms with E-state index in [0.717, 1.165) is 0 Å². The van der Waals surface area contributed by atoms with E-state index in [2.05, 4.69) is 0 Å². The van der Waals surface area contributed by atoms with Crippen molar-refractivity contribution in [1.29, 1.82) is 0 Å². The number of allylic oxidation sites excluding steroid dienone is 1. The van der Waals surface area contributed by atoms with Crippen molar-refractivity contribution >= 4 is 5.97 Å². The Bertz CT molecular complexity index is 1270. The first-order valence-electron chi connectivity index (χ1n) is 19.4. The Morgan fingerprint density at radius 1 is 0.636 bits per heavy atom. The molecule has 316 valence electrons. The molecule has 6 rings (SSSR count). The lowest BCUT2D eigenvalue weighted by atomic mass is 9.72. The van der Waals surface area contributed by atoms with E-state index in [9.17, 15) is 66.1 Å². The molecular formula is C36H59O19+. The standard InChI is InChI=1S/C36H58O19/c37-12-25-28(44)30(46)32(48)35(54-25)52-23-10-16(38)9-22-17(23)11-24(34(51-22)15-3-5-19(40)21(42)8-15)53-36-33(49)31(47)29(45)26(55-36)13-50-27(43)6-2-14-1-4-18(39)20(41)7-14/h2,6,14-26,28-42,44-49H,1,3-5,7-13H2/p+1. The summed E-state index contributed by atoms with van der Waals surface area (Å²) in [6.45, 7) is -1.19. The monoisotopic (exact) mass is 795 g/mol. The minimum Gasteiger partial charge on any atom is -0.460 e. The minimum absolute atomic E-state index is 0.0655. The number of carbonyl (C=O) groups excluding carboxylic acids is 1. The highest BCUT2D eigenvalue weighted by molar-refractivity contribution is 5.81. The van der Waals surface area contributed by atoms with E-state index in [1.54, 1.807) is 6.08 Å². The van der Waals surface area contributed by atoms with Crippen molar-refractivity contribution in [1.82, 2.24) is 0 Å². The second-order valence-corrected chi connectivity index (χ2v) is 16.2. The van der Waals surface area contributed by atoms with E-state index in [1.165, 1.54) is 6.08 Å². The molecule has 0 amide bonds. The summed E-state index contributed by atoms with van der Waals surface area (Å²) in [5, 5.41) is 125. The van der Waals surface area contributed by atoms with E-state index >= 15 is 0 Å². The van der Waals surface area contributed by atoms with Crippen LogP contribution in [0.15, 0.2) is 12.2 Å². The smallest absolute Gasteiger partial charge is 0.330 e. The molecule has 0 radical (unpaired) electrons.